The summed E-state index contributed by atoms with van der Waals surface area (Å²) < 4.78 is 20.8. The van der Waals surface area contributed by atoms with E-state index in [0.29, 0.717) is 28.9 Å². The maximum absolute atomic E-state index is 13.2. The quantitative estimate of drug-likeness (QED) is 0.693. The molecule has 4 nitrogen and oxygen atoms in total. The summed E-state index contributed by atoms with van der Waals surface area (Å²) in [5, 5.41) is 0.545. The highest BCUT2D eigenvalue weighted by Gasteiger charge is 2.28. The molecule has 3 heterocycles. The molecular weight excluding hydrogens is 283 g/mol. The van der Waals surface area contributed by atoms with Crippen molar-refractivity contribution in [3.8, 4) is 11.6 Å². The van der Waals surface area contributed by atoms with Crippen molar-refractivity contribution in [2.75, 3.05) is 0 Å². The van der Waals surface area contributed by atoms with E-state index in [1.807, 2.05) is 6.92 Å². The van der Waals surface area contributed by atoms with Crippen LogP contribution in [0.2, 0.25) is 0 Å². The summed E-state index contributed by atoms with van der Waals surface area (Å²) in [7, 11) is 0. The van der Waals surface area contributed by atoms with Crippen LogP contribution in [-0.2, 0) is 6.42 Å². The molecule has 0 radical (unpaired) electrons. The number of ether oxygens (including phenoxy) is 1. The molecule has 2 aromatic heterocycles. The molecule has 22 heavy (non-hydrogen) atoms. The van der Waals surface area contributed by atoms with Gasteiger partial charge in [0.25, 0.3) is 0 Å². The molecule has 0 N–H and O–H groups in total. The summed E-state index contributed by atoms with van der Waals surface area (Å²) in [5.41, 5.74) is 1.85. The smallest absolute Gasteiger partial charge is 0.207 e. The van der Waals surface area contributed by atoms with Gasteiger partial charge in [-0.05, 0) is 43.3 Å². The number of hydrogen-bond donors (Lipinski definition) is 0. The van der Waals surface area contributed by atoms with Crippen molar-refractivity contribution in [2.45, 2.75) is 19.4 Å². The number of aromatic nitrogens is 2. The molecule has 0 fully saturated rings. The Kier molecular flexibility index (Phi) is 2.76. The predicted molar refractivity (Wildman–Crippen MR) is 81.1 cm³/mol. The Morgan fingerprint density at radius 1 is 1.27 bits per heavy atom. The van der Waals surface area contributed by atoms with Gasteiger partial charge >= 0.3 is 0 Å². The monoisotopic (exact) mass is 296 g/mol. The van der Waals surface area contributed by atoms with Gasteiger partial charge in [0.1, 0.15) is 11.9 Å². The van der Waals surface area contributed by atoms with E-state index in [2.05, 4.69) is 4.98 Å². The predicted octanol–water partition coefficient (Wildman–Crippen LogP) is 2.85. The third kappa shape index (κ3) is 1.82. The number of halogens is 1. The zero-order valence-corrected chi connectivity index (χ0v) is 11.9. The molecule has 110 valence electrons. The number of fused-ring (bicyclic) bond motifs is 2. The molecule has 0 amide bonds. The Bertz CT molecular complexity index is 932. The number of benzene rings is 1. The first-order valence-electron chi connectivity index (χ1n) is 7.10. The Hall–Kier alpha value is -2.69. The highest BCUT2D eigenvalue weighted by molar-refractivity contribution is 5.79. The third-order valence-electron chi connectivity index (χ3n) is 3.87. The van der Waals surface area contributed by atoms with Crippen LogP contribution in [-0.4, -0.2) is 15.7 Å². The normalized spacial score (nSPS) is 16.5. The third-order valence-corrected chi connectivity index (χ3v) is 3.87. The van der Waals surface area contributed by atoms with E-state index >= 15 is 0 Å². The van der Waals surface area contributed by atoms with E-state index in [1.165, 1.54) is 12.1 Å². The number of pyridine rings is 2. The molecule has 5 heteroatoms. The molecule has 0 saturated heterocycles. The van der Waals surface area contributed by atoms with Gasteiger partial charge in [0.05, 0.1) is 16.6 Å². The van der Waals surface area contributed by atoms with Crippen LogP contribution in [0.25, 0.3) is 16.7 Å². The average Bonchev–Trinajstić information content (AvgIpc) is 2.91. The fourth-order valence-corrected chi connectivity index (χ4v) is 2.90. The van der Waals surface area contributed by atoms with Gasteiger partial charge in [0.15, 0.2) is 11.1 Å². The van der Waals surface area contributed by atoms with Crippen LogP contribution in [0.4, 0.5) is 4.39 Å². The highest BCUT2D eigenvalue weighted by atomic mass is 19.1. The van der Waals surface area contributed by atoms with Crippen LogP contribution in [0.3, 0.4) is 0 Å². The van der Waals surface area contributed by atoms with Crippen molar-refractivity contribution in [2.24, 2.45) is 0 Å². The van der Waals surface area contributed by atoms with E-state index in [-0.39, 0.29) is 17.3 Å². The first kappa shape index (κ1) is 13.0. The lowest BCUT2D eigenvalue weighted by Gasteiger charge is -2.15. The molecule has 1 aromatic carbocycles. The maximum Gasteiger partial charge on any atom is 0.207 e. The van der Waals surface area contributed by atoms with Gasteiger partial charge in [-0.1, -0.05) is 0 Å². The maximum atomic E-state index is 13.2. The van der Waals surface area contributed by atoms with Crippen molar-refractivity contribution in [3.63, 3.8) is 0 Å². The van der Waals surface area contributed by atoms with Crippen molar-refractivity contribution in [1.82, 2.24) is 9.55 Å². The minimum absolute atomic E-state index is 0.0409. The van der Waals surface area contributed by atoms with Gasteiger partial charge in [0.2, 0.25) is 5.88 Å². The molecule has 0 aliphatic carbocycles. The van der Waals surface area contributed by atoms with E-state index in [4.69, 9.17) is 4.74 Å². The standard InChI is InChI=1S/C17H13FN2O2/c1-10-9-14-15(21)13-3-2-8-19-16(13)20(17(14)22-10)12-6-4-11(18)5-7-12/h2-8,10H,9H2,1H3. The van der Waals surface area contributed by atoms with Gasteiger partial charge in [-0.3, -0.25) is 9.36 Å². The van der Waals surface area contributed by atoms with Crippen molar-refractivity contribution in [3.05, 3.63) is 64.2 Å². The van der Waals surface area contributed by atoms with Gasteiger partial charge in [0, 0.05) is 12.6 Å². The number of rotatable bonds is 1. The summed E-state index contributed by atoms with van der Waals surface area (Å²) in [6.07, 6.45) is 2.14. The second-order valence-electron chi connectivity index (χ2n) is 5.43. The van der Waals surface area contributed by atoms with Crippen LogP contribution >= 0.6 is 0 Å². The molecule has 1 atom stereocenters. The van der Waals surface area contributed by atoms with Crippen LogP contribution in [0, 0.1) is 5.82 Å². The molecule has 1 aliphatic heterocycles. The topological polar surface area (TPSA) is 44.1 Å². The Balaban J connectivity index is 2.13. The van der Waals surface area contributed by atoms with Gasteiger partial charge in [-0.2, -0.15) is 0 Å². The Morgan fingerprint density at radius 3 is 2.82 bits per heavy atom. The van der Waals surface area contributed by atoms with Crippen molar-refractivity contribution in [1.29, 1.82) is 0 Å². The molecule has 0 spiro atoms. The summed E-state index contributed by atoms with van der Waals surface area (Å²) in [5.74, 6) is 0.197. The largest absolute Gasteiger partial charge is 0.475 e. The lowest BCUT2D eigenvalue weighted by molar-refractivity contribution is 0.242. The zero-order valence-electron chi connectivity index (χ0n) is 11.9. The summed E-state index contributed by atoms with van der Waals surface area (Å²) >= 11 is 0. The first-order valence-corrected chi connectivity index (χ1v) is 7.10. The van der Waals surface area contributed by atoms with Crippen molar-refractivity contribution >= 4 is 11.0 Å². The summed E-state index contributed by atoms with van der Waals surface area (Å²) in [6.45, 7) is 1.92. The van der Waals surface area contributed by atoms with Crippen LogP contribution in [0.15, 0.2) is 47.4 Å². The second kappa shape index (κ2) is 4.66. The summed E-state index contributed by atoms with van der Waals surface area (Å²) in [6, 6.07) is 9.57. The average molecular weight is 296 g/mol. The number of hydrogen-bond acceptors (Lipinski definition) is 3. The lowest BCUT2D eigenvalue weighted by atomic mass is 10.1. The molecular formula is C17H13FN2O2. The zero-order chi connectivity index (χ0) is 15.3. The molecule has 4 rings (SSSR count). The first-order chi connectivity index (χ1) is 10.6. The molecule has 3 aromatic rings. The van der Waals surface area contributed by atoms with Crippen LogP contribution in [0.1, 0.15) is 12.5 Å². The lowest BCUT2D eigenvalue weighted by Crippen LogP contribution is -2.14. The van der Waals surface area contributed by atoms with Crippen LogP contribution in [0.5, 0.6) is 5.88 Å². The van der Waals surface area contributed by atoms with Gasteiger partial charge in [-0.25, -0.2) is 9.37 Å². The molecule has 1 unspecified atom stereocenters. The summed E-state index contributed by atoms with van der Waals surface area (Å²) in [4.78, 5) is 16.9. The molecule has 0 saturated carbocycles. The van der Waals surface area contributed by atoms with Gasteiger partial charge in [-0.15, -0.1) is 0 Å². The fourth-order valence-electron chi connectivity index (χ4n) is 2.90. The Labute approximate surface area is 125 Å². The van der Waals surface area contributed by atoms with Crippen LogP contribution < -0.4 is 10.2 Å². The highest BCUT2D eigenvalue weighted by Crippen LogP contribution is 2.32. The van der Waals surface area contributed by atoms with E-state index in [1.54, 1.807) is 35.0 Å². The van der Waals surface area contributed by atoms with E-state index in [0.717, 1.165) is 5.69 Å². The van der Waals surface area contributed by atoms with E-state index < -0.39 is 0 Å². The Morgan fingerprint density at radius 2 is 2.05 bits per heavy atom. The number of nitrogens with zero attached hydrogens (tertiary/aromatic N) is 2. The van der Waals surface area contributed by atoms with Crippen molar-refractivity contribution < 1.29 is 9.13 Å². The SMILES string of the molecule is CC1Cc2c(n(-c3ccc(F)cc3)c3ncccc3c2=O)O1. The minimum atomic E-state index is -0.312. The minimum Gasteiger partial charge on any atom is -0.475 e. The second-order valence-corrected chi connectivity index (χ2v) is 5.43. The fraction of sp³-hybridized carbons (Fsp3) is 0.176. The van der Waals surface area contributed by atoms with Gasteiger partial charge < -0.3 is 4.74 Å². The molecule has 1 aliphatic rings. The molecule has 0 bridgehead atoms. The van der Waals surface area contributed by atoms with E-state index in [9.17, 15) is 9.18 Å².